The van der Waals surface area contributed by atoms with Crippen molar-refractivity contribution in [2.75, 3.05) is 23.7 Å². The lowest BCUT2D eigenvalue weighted by Crippen LogP contribution is -2.34. The van der Waals surface area contributed by atoms with Gasteiger partial charge >= 0.3 is 6.61 Å². The number of benzene rings is 1. The molecule has 6 heteroatoms. The molecule has 0 aliphatic carbocycles. The Morgan fingerprint density at radius 2 is 2.00 bits per heavy atom. The molecule has 0 radical (unpaired) electrons. The Bertz CT molecular complexity index is 474. The Kier molecular flexibility index (Phi) is 5.20. The third kappa shape index (κ3) is 3.95. The molecule has 2 N–H and O–H groups in total. The van der Waals surface area contributed by atoms with Gasteiger partial charge in [0.25, 0.3) is 0 Å². The second-order valence-corrected chi connectivity index (χ2v) is 5.44. The van der Waals surface area contributed by atoms with E-state index in [9.17, 15) is 13.2 Å². The van der Waals surface area contributed by atoms with E-state index < -0.39 is 18.2 Å². The van der Waals surface area contributed by atoms with Gasteiger partial charge in [0.05, 0.1) is 11.4 Å². The Morgan fingerprint density at radius 3 is 2.57 bits per heavy atom. The van der Waals surface area contributed by atoms with Gasteiger partial charge in [-0.2, -0.15) is 8.78 Å². The largest absolute Gasteiger partial charge is 0.432 e. The number of hydrogen-bond donors (Lipinski definition) is 1. The van der Waals surface area contributed by atoms with Gasteiger partial charge in [0.15, 0.2) is 11.6 Å². The van der Waals surface area contributed by atoms with Crippen molar-refractivity contribution in [1.82, 2.24) is 0 Å². The van der Waals surface area contributed by atoms with Crippen LogP contribution in [0.4, 0.5) is 24.5 Å². The average molecular weight is 302 g/mol. The minimum atomic E-state index is -3.05. The van der Waals surface area contributed by atoms with Crippen LogP contribution in [-0.4, -0.2) is 19.7 Å². The van der Waals surface area contributed by atoms with E-state index in [1.807, 2.05) is 4.90 Å². The fourth-order valence-electron chi connectivity index (χ4n) is 2.89. The second-order valence-electron chi connectivity index (χ2n) is 5.44. The molecule has 1 aromatic carbocycles. The highest BCUT2D eigenvalue weighted by atomic mass is 19.3. The van der Waals surface area contributed by atoms with Gasteiger partial charge in [-0.25, -0.2) is 4.39 Å². The fraction of sp³-hybridized carbons (Fsp3) is 0.600. The van der Waals surface area contributed by atoms with E-state index in [0.717, 1.165) is 38.4 Å². The number of nitrogens with zero attached hydrogens (tertiary/aromatic N) is 1. The number of alkyl halides is 2. The van der Waals surface area contributed by atoms with Gasteiger partial charge in [-0.15, -0.1) is 0 Å². The molecule has 1 aromatic rings. The highest BCUT2D eigenvalue weighted by Crippen LogP contribution is 2.34. The molecule has 118 valence electrons. The van der Waals surface area contributed by atoms with Gasteiger partial charge in [-0.05, 0) is 18.8 Å². The van der Waals surface area contributed by atoms with E-state index in [1.165, 1.54) is 12.5 Å². The van der Waals surface area contributed by atoms with E-state index in [2.05, 4.69) is 11.7 Å². The number of piperidine rings is 1. The third-order valence-corrected chi connectivity index (χ3v) is 3.95. The number of hydrogen-bond acceptors (Lipinski definition) is 3. The lowest BCUT2D eigenvalue weighted by Gasteiger charge is -2.34. The van der Waals surface area contributed by atoms with E-state index >= 15 is 0 Å². The summed E-state index contributed by atoms with van der Waals surface area (Å²) in [5, 5.41) is 0. The normalized spacial score (nSPS) is 16.5. The molecule has 1 fully saturated rings. The number of rotatable bonds is 5. The van der Waals surface area contributed by atoms with Gasteiger partial charge in [-0.1, -0.05) is 19.8 Å². The summed E-state index contributed by atoms with van der Waals surface area (Å²) in [4.78, 5) is 2.01. The average Bonchev–Trinajstić information content (AvgIpc) is 2.43. The first-order valence-corrected chi connectivity index (χ1v) is 7.30. The van der Waals surface area contributed by atoms with E-state index in [1.54, 1.807) is 0 Å². The number of nitrogen functional groups attached to an aromatic ring is 1. The van der Waals surface area contributed by atoms with Crippen molar-refractivity contribution in [3.05, 3.63) is 17.9 Å². The molecule has 0 atom stereocenters. The molecular weight excluding hydrogens is 281 g/mol. The van der Waals surface area contributed by atoms with Gasteiger partial charge in [0.2, 0.25) is 0 Å². The summed E-state index contributed by atoms with van der Waals surface area (Å²) in [7, 11) is 0. The molecule has 1 aliphatic heterocycles. The van der Waals surface area contributed by atoms with Crippen molar-refractivity contribution in [3.8, 4) is 5.75 Å². The van der Waals surface area contributed by atoms with Crippen LogP contribution in [0, 0.1) is 11.7 Å². The molecule has 1 heterocycles. The van der Waals surface area contributed by atoms with Crippen molar-refractivity contribution in [3.63, 3.8) is 0 Å². The van der Waals surface area contributed by atoms with Crippen molar-refractivity contribution in [1.29, 1.82) is 0 Å². The first-order valence-electron chi connectivity index (χ1n) is 7.30. The summed E-state index contributed by atoms with van der Waals surface area (Å²) in [6.45, 7) is 0.716. The monoisotopic (exact) mass is 302 g/mol. The Hall–Kier alpha value is -1.59. The number of nitrogens with two attached hydrogens (primary N) is 1. The molecule has 0 bridgehead atoms. The highest BCUT2D eigenvalue weighted by Gasteiger charge is 2.22. The van der Waals surface area contributed by atoms with Crippen LogP contribution >= 0.6 is 0 Å². The summed E-state index contributed by atoms with van der Waals surface area (Å²) in [5.41, 5.74) is 6.64. The predicted octanol–water partition coefficient (Wildman–Crippen LogP) is 4.03. The van der Waals surface area contributed by atoms with Crippen LogP contribution in [0.3, 0.4) is 0 Å². The van der Waals surface area contributed by atoms with Crippen LogP contribution in [0.2, 0.25) is 0 Å². The number of anilines is 2. The first kappa shape index (κ1) is 15.8. The molecule has 0 saturated carbocycles. The Labute approximate surface area is 122 Å². The summed E-state index contributed by atoms with van der Waals surface area (Å²) in [5.74, 6) is -0.619. The molecule has 2 rings (SSSR count). The molecule has 0 spiro atoms. The zero-order valence-corrected chi connectivity index (χ0v) is 12.1. The van der Waals surface area contributed by atoms with E-state index in [-0.39, 0.29) is 5.69 Å². The molecule has 1 aliphatic rings. The van der Waals surface area contributed by atoms with Crippen LogP contribution in [0.25, 0.3) is 0 Å². The molecule has 1 saturated heterocycles. The molecule has 3 nitrogen and oxygen atoms in total. The lowest BCUT2D eigenvalue weighted by molar-refractivity contribution is -0.0521. The predicted molar refractivity (Wildman–Crippen MR) is 77.3 cm³/mol. The van der Waals surface area contributed by atoms with Gasteiger partial charge in [0, 0.05) is 25.2 Å². The molecule has 0 amide bonds. The van der Waals surface area contributed by atoms with Gasteiger partial charge in [0.1, 0.15) is 0 Å². The van der Waals surface area contributed by atoms with Crippen LogP contribution in [0.15, 0.2) is 12.1 Å². The maximum Gasteiger partial charge on any atom is 0.387 e. The highest BCUT2D eigenvalue weighted by molar-refractivity contribution is 5.70. The Morgan fingerprint density at radius 1 is 1.33 bits per heavy atom. The summed E-state index contributed by atoms with van der Waals surface area (Å²) < 4.78 is 42.3. The second kappa shape index (κ2) is 6.91. The van der Waals surface area contributed by atoms with Crippen molar-refractivity contribution < 1.29 is 17.9 Å². The standard InChI is InChI=1S/C15H21F3N2O/c1-2-3-10-4-6-20(7-5-10)13-9-14(21-15(17)18)11(16)8-12(13)19/h8-10,15H,2-7,19H2,1H3. The van der Waals surface area contributed by atoms with Crippen molar-refractivity contribution in [2.24, 2.45) is 5.92 Å². The van der Waals surface area contributed by atoms with E-state index in [0.29, 0.717) is 11.6 Å². The number of halogens is 3. The summed E-state index contributed by atoms with van der Waals surface area (Å²) in [6.07, 6.45) is 4.44. The van der Waals surface area contributed by atoms with E-state index in [4.69, 9.17) is 5.73 Å². The SMILES string of the molecule is CCCC1CCN(c2cc(OC(F)F)c(F)cc2N)CC1. The Balaban J connectivity index is 2.12. The quantitative estimate of drug-likeness (QED) is 0.835. The zero-order valence-electron chi connectivity index (χ0n) is 12.1. The minimum absolute atomic E-state index is 0.253. The van der Waals surface area contributed by atoms with Crippen LogP contribution in [-0.2, 0) is 0 Å². The number of ether oxygens (including phenoxy) is 1. The summed E-state index contributed by atoms with van der Waals surface area (Å²) >= 11 is 0. The van der Waals surface area contributed by atoms with Gasteiger partial charge in [-0.3, -0.25) is 0 Å². The summed E-state index contributed by atoms with van der Waals surface area (Å²) in [6, 6.07) is 2.32. The fourth-order valence-corrected chi connectivity index (χ4v) is 2.89. The molecule has 0 aromatic heterocycles. The maximum absolute atomic E-state index is 13.6. The van der Waals surface area contributed by atoms with Gasteiger partial charge < -0.3 is 15.4 Å². The van der Waals surface area contributed by atoms with Crippen LogP contribution in [0.1, 0.15) is 32.6 Å². The molecule has 0 unspecified atom stereocenters. The zero-order chi connectivity index (χ0) is 15.4. The first-order chi connectivity index (χ1) is 10.0. The maximum atomic E-state index is 13.6. The minimum Gasteiger partial charge on any atom is -0.432 e. The van der Waals surface area contributed by atoms with Crippen molar-refractivity contribution >= 4 is 11.4 Å². The smallest absolute Gasteiger partial charge is 0.387 e. The van der Waals surface area contributed by atoms with Crippen LogP contribution in [0.5, 0.6) is 5.75 Å². The topological polar surface area (TPSA) is 38.5 Å². The van der Waals surface area contributed by atoms with Crippen LogP contribution < -0.4 is 15.4 Å². The lowest BCUT2D eigenvalue weighted by atomic mass is 9.92. The molecule has 21 heavy (non-hydrogen) atoms. The third-order valence-electron chi connectivity index (χ3n) is 3.95. The van der Waals surface area contributed by atoms with Crippen molar-refractivity contribution in [2.45, 2.75) is 39.2 Å². The molecular formula is C15H21F3N2O.